The predicted molar refractivity (Wildman–Crippen MR) is 112 cm³/mol. The minimum atomic E-state index is -0.463. The molecule has 2 heterocycles. The first-order chi connectivity index (χ1) is 14.6. The number of anilines is 1. The lowest BCUT2D eigenvalue weighted by molar-refractivity contribution is 0.251. The van der Waals surface area contributed by atoms with Crippen molar-refractivity contribution in [3.8, 4) is 0 Å². The van der Waals surface area contributed by atoms with Crippen molar-refractivity contribution in [3.05, 3.63) is 100 Å². The van der Waals surface area contributed by atoms with E-state index in [1.54, 1.807) is 30.5 Å². The van der Waals surface area contributed by atoms with Crippen LogP contribution in [0.15, 0.2) is 77.7 Å². The number of hydrogen-bond acceptors (Lipinski definition) is 4. The molecule has 0 aliphatic rings. The van der Waals surface area contributed by atoms with Gasteiger partial charge in [0, 0.05) is 17.3 Å². The molecule has 2 aromatic heterocycles. The highest BCUT2D eigenvalue weighted by Crippen LogP contribution is 2.14. The normalized spacial score (nSPS) is 10.7. The van der Waals surface area contributed by atoms with E-state index in [9.17, 15) is 14.0 Å². The average molecular weight is 403 g/mol. The fraction of sp³-hybridized carbons (Fsp3) is 0.0909. The van der Waals surface area contributed by atoms with Gasteiger partial charge < -0.3 is 10.6 Å². The molecule has 0 saturated carbocycles. The zero-order chi connectivity index (χ0) is 20.9. The van der Waals surface area contributed by atoms with Crippen LogP contribution < -0.4 is 16.2 Å². The van der Waals surface area contributed by atoms with Crippen LogP contribution >= 0.6 is 0 Å². The van der Waals surface area contributed by atoms with E-state index in [2.05, 4.69) is 20.7 Å². The van der Waals surface area contributed by atoms with Crippen molar-refractivity contribution in [1.29, 1.82) is 0 Å². The summed E-state index contributed by atoms with van der Waals surface area (Å²) in [5.74, 6) is -0.383. The fourth-order valence-electron chi connectivity index (χ4n) is 3.06. The van der Waals surface area contributed by atoms with Crippen molar-refractivity contribution in [1.82, 2.24) is 20.1 Å². The van der Waals surface area contributed by atoms with Gasteiger partial charge in [-0.2, -0.15) is 5.10 Å². The zero-order valence-corrected chi connectivity index (χ0v) is 15.9. The van der Waals surface area contributed by atoms with Gasteiger partial charge in [-0.15, -0.1) is 0 Å². The Labute approximate surface area is 171 Å². The Kier molecular flexibility index (Phi) is 5.47. The van der Waals surface area contributed by atoms with E-state index in [0.717, 1.165) is 0 Å². The van der Waals surface area contributed by atoms with Crippen LogP contribution in [0.5, 0.6) is 0 Å². The maximum absolute atomic E-state index is 13.0. The van der Waals surface area contributed by atoms with Crippen LogP contribution in [0.3, 0.4) is 0 Å². The van der Waals surface area contributed by atoms with Crippen molar-refractivity contribution in [2.45, 2.75) is 13.1 Å². The van der Waals surface area contributed by atoms with Gasteiger partial charge in [0.1, 0.15) is 5.82 Å². The van der Waals surface area contributed by atoms with E-state index < -0.39 is 6.03 Å². The zero-order valence-electron chi connectivity index (χ0n) is 15.9. The van der Waals surface area contributed by atoms with Crippen molar-refractivity contribution in [3.63, 3.8) is 0 Å². The lowest BCUT2D eigenvalue weighted by Gasteiger charge is -2.12. The van der Waals surface area contributed by atoms with Gasteiger partial charge in [0.25, 0.3) is 5.56 Å². The summed E-state index contributed by atoms with van der Waals surface area (Å²) in [5, 5.41) is 11.0. The number of hydrogen-bond donors (Lipinski definition) is 2. The standard InChI is InChI=1S/C22H18FN5O2/c23-15-8-10-16(11-9-15)26-22(30)25-13-20-18-6-1-2-7-19(18)21(29)28(27-20)14-17-5-3-4-12-24-17/h1-12H,13-14H2,(H2,25,26,30). The Hall–Kier alpha value is -4.07. The smallest absolute Gasteiger partial charge is 0.319 e. The number of urea groups is 1. The maximum Gasteiger partial charge on any atom is 0.319 e. The van der Waals surface area contributed by atoms with Crippen LogP contribution in [0.4, 0.5) is 14.9 Å². The van der Waals surface area contributed by atoms with Gasteiger partial charge in [0.2, 0.25) is 0 Å². The molecule has 0 fully saturated rings. The second kappa shape index (κ2) is 8.52. The van der Waals surface area contributed by atoms with E-state index in [-0.39, 0.29) is 24.5 Å². The third-order valence-corrected chi connectivity index (χ3v) is 4.50. The minimum Gasteiger partial charge on any atom is -0.332 e. The van der Waals surface area contributed by atoms with Crippen LogP contribution in [0, 0.1) is 5.82 Å². The Morgan fingerprint density at radius 3 is 2.43 bits per heavy atom. The highest BCUT2D eigenvalue weighted by molar-refractivity contribution is 5.89. The second-order valence-corrected chi connectivity index (χ2v) is 6.59. The molecule has 30 heavy (non-hydrogen) atoms. The predicted octanol–water partition coefficient (Wildman–Crippen LogP) is 3.30. The Balaban J connectivity index is 1.58. The third kappa shape index (κ3) is 4.33. The molecule has 0 spiro atoms. The Bertz CT molecular complexity index is 1240. The molecule has 0 unspecified atom stereocenters. The van der Waals surface area contributed by atoms with E-state index >= 15 is 0 Å². The Morgan fingerprint density at radius 2 is 1.70 bits per heavy atom. The van der Waals surface area contributed by atoms with Crippen LogP contribution in [-0.4, -0.2) is 20.8 Å². The molecule has 2 aromatic carbocycles. The monoisotopic (exact) mass is 403 g/mol. The van der Waals surface area contributed by atoms with Gasteiger partial charge in [-0.1, -0.05) is 24.3 Å². The number of nitrogens with zero attached hydrogens (tertiary/aromatic N) is 3. The number of aromatic nitrogens is 3. The summed E-state index contributed by atoms with van der Waals surface area (Å²) in [5.41, 5.74) is 1.49. The Morgan fingerprint density at radius 1 is 0.967 bits per heavy atom. The number of fused-ring (bicyclic) bond motifs is 1. The molecular formula is C22H18FN5O2. The molecule has 0 aliphatic carbocycles. The van der Waals surface area contributed by atoms with Crippen molar-refractivity contribution < 1.29 is 9.18 Å². The van der Waals surface area contributed by atoms with Gasteiger partial charge in [0.15, 0.2) is 0 Å². The number of carbonyl (C=O) groups excluding carboxylic acids is 1. The minimum absolute atomic E-state index is 0.107. The SMILES string of the molecule is O=C(NCc1nn(Cc2ccccn2)c(=O)c2ccccc12)Nc1ccc(F)cc1. The molecular weight excluding hydrogens is 385 g/mol. The molecule has 2 amide bonds. The van der Waals surface area contributed by atoms with Gasteiger partial charge in [-0.3, -0.25) is 9.78 Å². The van der Waals surface area contributed by atoms with Gasteiger partial charge in [-0.05, 0) is 42.5 Å². The lowest BCUT2D eigenvalue weighted by Crippen LogP contribution is -2.31. The number of nitrogens with one attached hydrogen (secondary N) is 2. The van der Waals surface area contributed by atoms with E-state index in [1.807, 2.05) is 18.2 Å². The summed E-state index contributed by atoms with van der Waals surface area (Å²) in [6.45, 7) is 0.329. The van der Waals surface area contributed by atoms with E-state index in [0.29, 0.717) is 27.8 Å². The van der Waals surface area contributed by atoms with Crippen LogP contribution in [-0.2, 0) is 13.1 Å². The van der Waals surface area contributed by atoms with Crippen LogP contribution in [0.25, 0.3) is 10.8 Å². The van der Waals surface area contributed by atoms with Gasteiger partial charge in [-0.25, -0.2) is 13.9 Å². The number of halogens is 1. The average Bonchev–Trinajstić information content (AvgIpc) is 2.77. The maximum atomic E-state index is 13.0. The summed E-state index contributed by atoms with van der Waals surface area (Å²) in [6.07, 6.45) is 1.66. The van der Waals surface area contributed by atoms with Gasteiger partial charge >= 0.3 is 6.03 Å². The number of benzene rings is 2. The van der Waals surface area contributed by atoms with Crippen molar-refractivity contribution >= 4 is 22.5 Å². The van der Waals surface area contributed by atoms with Crippen LogP contribution in [0.2, 0.25) is 0 Å². The molecule has 0 bridgehead atoms. The van der Waals surface area contributed by atoms with Gasteiger partial charge in [0.05, 0.1) is 29.9 Å². The summed E-state index contributed by atoms with van der Waals surface area (Å²) in [4.78, 5) is 29.3. The molecule has 150 valence electrons. The van der Waals surface area contributed by atoms with Crippen molar-refractivity contribution in [2.75, 3.05) is 5.32 Å². The van der Waals surface area contributed by atoms with E-state index in [4.69, 9.17) is 0 Å². The first-order valence-electron chi connectivity index (χ1n) is 9.29. The summed E-state index contributed by atoms with van der Waals surface area (Å²) in [7, 11) is 0. The summed E-state index contributed by atoms with van der Waals surface area (Å²) in [6, 6.07) is 17.6. The molecule has 0 atom stereocenters. The molecule has 0 aliphatic heterocycles. The molecule has 8 heteroatoms. The number of pyridine rings is 1. The molecule has 4 rings (SSSR count). The fourth-order valence-corrected chi connectivity index (χ4v) is 3.06. The highest BCUT2D eigenvalue weighted by Gasteiger charge is 2.12. The van der Waals surface area contributed by atoms with E-state index in [1.165, 1.54) is 28.9 Å². The molecule has 2 N–H and O–H groups in total. The molecule has 0 radical (unpaired) electrons. The molecule has 4 aromatic rings. The topological polar surface area (TPSA) is 88.9 Å². The highest BCUT2D eigenvalue weighted by atomic mass is 19.1. The number of amides is 2. The van der Waals surface area contributed by atoms with Crippen LogP contribution in [0.1, 0.15) is 11.4 Å². The summed E-state index contributed by atoms with van der Waals surface area (Å²) < 4.78 is 14.3. The molecule has 0 saturated heterocycles. The molecule has 7 nitrogen and oxygen atoms in total. The third-order valence-electron chi connectivity index (χ3n) is 4.50. The second-order valence-electron chi connectivity index (χ2n) is 6.59. The quantitative estimate of drug-likeness (QED) is 0.535. The lowest BCUT2D eigenvalue weighted by atomic mass is 10.1. The number of carbonyl (C=O) groups is 1. The number of rotatable bonds is 5. The first kappa shape index (κ1) is 19.3. The summed E-state index contributed by atoms with van der Waals surface area (Å²) >= 11 is 0. The largest absolute Gasteiger partial charge is 0.332 e. The first-order valence-corrected chi connectivity index (χ1v) is 9.29. The van der Waals surface area contributed by atoms with Crippen molar-refractivity contribution in [2.24, 2.45) is 0 Å².